The van der Waals surface area contributed by atoms with E-state index >= 15 is 0 Å². The monoisotopic (exact) mass is 267 g/mol. The van der Waals surface area contributed by atoms with Gasteiger partial charge in [-0.2, -0.15) is 9.61 Å². The Bertz CT molecular complexity index is 531. The first-order valence-corrected chi connectivity index (χ1v) is 7.16. The maximum atomic E-state index is 6.09. The summed E-state index contributed by atoms with van der Waals surface area (Å²) in [5.41, 5.74) is 6.09. The fraction of sp³-hybridized carbons (Fsp3) is 0.727. The average Bonchev–Trinajstić information content (AvgIpc) is 3.04. The van der Waals surface area contributed by atoms with Crippen LogP contribution in [-0.2, 0) is 4.74 Å². The molecule has 7 heteroatoms. The summed E-state index contributed by atoms with van der Waals surface area (Å²) in [5.74, 6) is 1.23. The van der Waals surface area contributed by atoms with Crippen molar-refractivity contribution in [3.63, 3.8) is 0 Å². The average molecular weight is 267 g/mol. The molecule has 2 N–H and O–H groups in total. The van der Waals surface area contributed by atoms with Gasteiger partial charge in [-0.1, -0.05) is 24.7 Å². The SMILES string of the molecule is CCCC(N)c1nn2c(C3CCOC3)nnc2s1. The lowest BCUT2D eigenvalue weighted by molar-refractivity contribution is 0.193. The highest BCUT2D eigenvalue weighted by molar-refractivity contribution is 7.16. The van der Waals surface area contributed by atoms with Gasteiger partial charge in [-0.3, -0.25) is 0 Å². The fourth-order valence-corrected chi connectivity index (χ4v) is 3.11. The molecule has 0 spiro atoms. The van der Waals surface area contributed by atoms with Crippen LogP contribution in [0, 0.1) is 0 Å². The summed E-state index contributed by atoms with van der Waals surface area (Å²) in [4.78, 5) is 0.832. The smallest absolute Gasteiger partial charge is 0.234 e. The molecule has 0 aliphatic carbocycles. The number of aromatic nitrogens is 4. The van der Waals surface area contributed by atoms with Gasteiger partial charge in [0.1, 0.15) is 5.01 Å². The Balaban J connectivity index is 1.92. The lowest BCUT2D eigenvalue weighted by Crippen LogP contribution is -2.11. The summed E-state index contributed by atoms with van der Waals surface area (Å²) < 4.78 is 7.23. The largest absolute Gasteiger partial charge is 0.381 e. The summed E-state index contributed by atoms with van der Waals surface area (Å²) >= 11 is 1.54. The molecule has 0 bridgehead atoms. The van der Waals surface area contributed by atoms with E-state index < -0.39 is 0 Å². The van der Waals surface area contributed by atoms with Crippen molar-refractivity contribution < 1.29 is 4.74 Å². The van der Waals surface area contributed by atoms with Gasteiger partial charge in [0, 0.05) is 12.5 Å². The van der Waals surface area contributed by atoms with Gasteiger partial charge in [0.05, 0.1) is 12.6 Å². The predicted molar refractivity (Wildman–Crippen MR) is 68.7 cm³/mol. The molecule has 18 heavy (non-hydrogen) atoms. The molecule has 1 fully saturated rings. The van der Waals surface area contributed by atoms with E-state index in [9.17, 15) is 0 Å². The molecule has 1 saturated heterocycles. The van der Waals surface area contributed by atoms with Crippen molar-refractivity contribution in [1.29, 1.82) is 0 Å². The van der Waals surface area contributed by atoms with Crippen LogP contribution in [-0.4, -0.2) is 33.0 Å². The van der Waals surface area contributed by atoms with Gasteiger partial charge in [0.25, 0.3) is 0 Å². The predicted octanol–water partition coefficient (Wildman–Crippen LogP) is 1.49. The second-order valence-electron chi connectivity index (χ2n) is 4.65. The molecule has 6 nitrogen and oxygen atoms in total. The molecule has 0 amide bonds. The van der Waals surface area contributed by atoms with E-state index in [1.54, 1.807) is 0 Å². The molecular formula is C11H17N5OS. The van der Waals surface area contributed by atoms with Gasteiger partial charge in [-0.15, -0.1) is 10.2 Å². The number of nitrogens with zero attached hydrogens (tertiary/aromatic N) is 4. The number of rotatable bonds is 4. The molecule has 3 heterocycles. The molecule has 2 unspecified atom stereocenters. The zero-order valence-electron chi connectivity index (χ0n) is 10.4. The lowest BCUT2D eigenvalue weighted by atomic mass is 10.1. The molecule has 1 aliphatic heterocycles. The number of ether oxygens (including phenoxy) is 1. The zero-order chi connectivity index (χ0) is 12.5. The van der Waals surface area contributed by atoms with Crippen molar-refractivity contribution in [2.75, 3.05) is 13.2 Å². The third-order valence-electron chi connectivity index (χ3n) is 3.24. The zero-order valence-corrected chi connectivity index (χ0v) is 11.2. The van der Waals surface area contributed by atoms with Crippen molar-refractivity contribution in [3.05, 3.63) is 10.8 Å². The second-order valence-corrected chi connectivity index (χ2v) is 5.64. The molecule has 3 rings (SSSR count). The molecule has 2 aromatic rings. The van der Waals surface area contributed by atoms with Crippen LogP contribution in [0.4, 0.5) is 0 Å². The minimum Gasteiger partial charge on any atom is -0.381 e. The Morgan fingerprint density at radius 3 is 3.17 bits per heavy atom. The summed E-state index contributed by atoms with van der Waals surface area (Å²) in [6.07, 6.45) is 3.01. The van der Waals surface area contributed by atoms with Gasteiger partial charge in [-0.25, -0.2) is 0 Å². The number of hydrogen-bond acceptors (Lipinski definition) is 6. The van der Waals surface area contributed by atoms with E-state index in [0.29, 0.717) is 12.5 Å². The van der Waals surface area contributed by atoms with E-state index in [1.165, 1.54) is 11.3 Å². The van der Waals surface area contributed by atoms with E-state index in [-0.39, 0.29) is 6.04 Å². The van der Waals surface area contributed by atoms with Crippen LogP contribution in [0.5, 0.6) is 0 Å². The first-order chi connectivity index (χ1) is 8.79. The first kappa shape index (κ1) is 12.0. The second kappa shape index (κ2) is 4.91. The van der Waals surface area contributed by atoms with Crippen LogP contribution in [0.3, 0.4) is 0 Å². The highest BCUT2D eigenvalue weighted by Crippen LogP contribution is 2.27. The first-order valence-electron chi connectivity index (χ1n) is 6.35. The Labute approximate surface area is 109 Å². The Morgan fingerprint density at radius 1 is 1.56 bits per heavy atom. The topological polar surface area (TPSA) is 78.3 Å². The third-order valence-corrected chi connectivity index (χ3v) is 4.27. The molecular weight excluding hydrogens is 250 g/mol. The van der Waals surface area contributed by atoms with Crippen LogP contribution in [0.25, 0.3) is 4.96 Å². The lowest BCUT2D eigenvalue weighted by Gasteiger charge is -2.05. The fourth-order valence-electron chi connectivity index (χ4n) is 2.22. The highest BCUT2D eigenvalue weighted by atomic mass is 32.1. The van der Waals surface area contributed by atoms with Crippen molar-refractivity contribution in [1.82, 2.24) is 19.8 Å². The van der Waals surface area contributed by atoms with Crippen molar-refractivity contribution >= 4 is 16.3 Å². The standard InChI is InChI=1S/C11H17N5OS/c1-2-3-8(12)10-15-16-9(7-4-5-17-6-7)13-14-11(16)18-10/h7-8H,2-6,12H2,1H3. The van der Waals surface area contributed by atoms with Gasteiger partial charge in [-0.05, 0) is 12.8 Å². The third kappa shape index (κ3) is 2.02. The Hall–Kier alpha value is -1.05. The van der Waals surface area contributed by atoms with Gasteiger partial charge >= 0.3 is 0 Å². The summed E-state index contributed by atoms with van der Waals surface area (Å²) in [7, 11) is 0. The van der Waals surface area contributed by atoms with Crippen LogP contribution < -0.4 is 5.73 Å². The van der Waals surface area contributed by atoms with Gasteiger partial charge < -0.3 is 10.5 Å². The minimum absolute atomic E-state index is 0.00868. The molecule has 2 atom stereocenters. The Kier molecular flexibility index (Phi) is 3.27. The number of hydrogen-bond donors (Lipinski definition) is 1. The quantitative estimate of drug-likeness (QED) is 0.908. The molecule has 0 radical (unpaired) electrons. The van der Waals surface area contributed by atoms with Crippen molar-refractivity contribution in [3.8, 4) is 0 Å². The minimum atomic E-state index is 0.00868. The van der Waals surface area contributed by atoms with Crippen LogP contribution in [0.1, 0.15) is 49.0 Å². The number of nitrogens with two attached hydrogens (primary N) is 1. The van der Waals surface area contributed by atoms with E-state index in [0.717, 1.165) is 41.7 Å². The maximum Gasteiger partial charge on any atom is 0.234 e. The normalized spacial score (nSPS) is 21.8. The Morgan fingerprint density at radius 2 is 2.44 bits per heavy atom. The summed E-state index contributed by atoms with van der Waals surface area (Å²) in [6, 6.07) is 0.00868. The summed E-state index contributed by atoms with van der Waals surface area (Å²) in [5, 5.41) is 13.9. The van der Waals surface area contributed by atoms with Gasteiger partial charge in [0.2, 0.25) is 4.96 Å². The molecule has 0 aromatic carbocycles. The van der Waals surface area contributed by atoms with E-state index in [2.05, 4.69) is 22.2 Å². The van der Waals surface area contributed by atoms with Crippen molar-refractivity contribution in [2.24, 2.45) is 5.73 Å². The summed E-state index contributed by atoms with van der Waals surface area (Å²) in [6.45, 7) is 3.64. The molecule has 98 valence electrons. The van der Waals surface area contributed by atoms with Crippen LogP contribution in [0.2, 0.25) is 0 Å². The van der Waals surface area contributed by atoms with Gasteiger partial charge in [0.15, 0.2) is 5.82 Å². The molecule has 0 saturated carbocycles. The van der Waals surface area contributed by atoms with Crippen LogP contribution in [0.15, 0.2) is 0 Å². The highest BCUT2D eigenvalue weighted by Gasteiger charge is 2.25. The molecule has 2 aromatic heterocycles. The van der Waals surface area contributed by atoms with E-state index in [1.807, 2.05) is 4.52 Å². The molecule has 1 aliphatic rings. The maximum absolute atomic E-state index is 6.09. The van der Waals surface area contributed by atoms with Crippen molar-refractivity contribution in [2.45, 2.75) is 38.1 Å². The van der Waals surface area contributed by atoms with Crippen LogP contribution >= 0.6 is 11.3 Å². The number of fused-ring (bicyclic) bond motifs is 1. The van der Waals surface area contributed by atoms with E-state index in [4.69, 9.17) is 10.5 Å².